The molecule has 1 aliphatic heterocycles. The Kier molecular flexibility index (Phi) is 19.7. The highest BCUT2D eigenvalue weighted by atomic mass is 32.1. The van der Waals surface area contributed by atoms with E-state index in [0.29, 0.717) is 23.9 Å². The molecule has 0 radical (unpaired) electrons. The number of aliphatic hydroxyl groups excluding tert-OH is 1. The van der Waals surface area contributed by atoms with Gasteiger partial charge in [-0.05, 0) is 66.0 Å². The van der Waals surface area contributed by atoms with Crippen LogP contribution in [0.5, 0.6) is 0 Å². The largest absolute Gasteiger partial charge is 0.480 e. The maximum atomic E-state index is 13.9. The lowest BCUT2D eigenvalue weighted by atomic mass is 9.85. The zero-order chi connectivity index (χ0) is 52.7. The summed E-state index contributed by atoms with van der Waals surface area (Å²) in [6, 6.07) is 11.2. The first-order chi connectivity index (χ1) is 34.9. The topological polar surface area (TPSA) is 322 Å². The van der Waals surface area contributed by atoms with Crippen LogP contribution in [0.3, 0.4) is 0 Å². The van der Waals surface area contributed by atoms with Gasteiger partial charge in [-0.15, -0.1) is 11.3 Å². The minimum Gasteiger partial charge on any atom is -0.480 e. The van der Waals surface area contributed by atoms with Gasteiger partial charge in [-0.2, -0.15) is 4.98 Å². The number of amides is 5. The summed E-state index contributed by atoms with van der Waals surface area (Å²) < 4.78 is 16.5. The van der Waals surface area contributed by atoms with Crippen LogP contribution in [0.4, 0.5) is 5.95 Å². The number of β-amino-alcohol motifs (C(OH)–C–C–N with tert-alkyl or cyclic N) is 1. The predicted octanol–water partition coefficient (Wildman–Crippen LogP) is 1.99. The van der Waals surface area contributed by atoms with Gasteiger partial charge in [0.05, 0.1) is 60.6 Å². The van der Waals surface area contributed by atoms with Crippen LogP contribution in [-0.2, 0) is 57.6 Å². The van der Waals surface area contributed by atoms with E-state index in [0.717, 1.165) is 32.8 Å². The zero-order valence-corrected chi connectivity index (χ0v) is 42.1. The number of rotatable bonds is 26. The lowest BCUT2D eigenvalue weighted by molar-refractivity contribution is -0.144. The number of benzene rings is 2. The number of nitrogens with two attached hydrogens (primary N) is 1. The number of carboxylic acids is 1. The number of ether oxygens (including phenoxy) is 3. The molecule has 1 aliphatic rings. The summed E-state index contributed by atoms with van der Waals surface area (Å²) in [4.78, 5) is 106. The number of aromatic nitrogens is 4. The van der Waals surface area contributed by atoms with Gasteiger partial charge in [0, 0.05) is 44.2 Å². The highest BCUT2D eigenvalue weighted by molar-refractivity contribution is 7.13. The third-order valence-corrected chi connectivity index (χ3v) is 13.0. The van der Waals surface area contributed by atoms with Crippen molar-refractivity contribution in [2.75, 3.05) is 58.5 Å². The molecule has 22 nitrogen and oxygen atoms in total. The fourth-order valence-electron chi connectivity index (χ4n) is 8.13. The number of nitrogen functional groups attached to an aromatic ring is 1. The van der Waals surface area contributed by atoms with Crippen molar-refractivity contribution in [1.29, 1.82) is 0 Å². The Morgan fingerprint density at radius 1 is 0.904 bits per heavy atom. The van der Waals surface area contributed by atoms with E-state index in [1.165, 1.54) is 4.90 Å². The quantitative estimate of drug-likeness (QED) is 0.0358. The molecule has 23 heteroatoms. The van der Waals surface area contributed by atoms with E-state index in [1.807, 2.05) is 31.2 Å². The van der Waals surface area contributed by atoms with E-state index in [1.54, 1.807) is 68.1 Å². The van der Waals surface area contributed by atoms with Crippen LogP contribution in [0, 0.1) is 12.3 Å². The van der Waals surface area contributed by atoms with Crippen molar-refractivity contribution in [2.24, 2.45) is 5.41 Å². The zero-order valence-electron chi connectivity index (χ0n) is 41.3. The molecule has 0 saturated carbocycles. The van der Waals surface area contributed by atoms with Crippen LogP contribution in [0.2, 0.25) is 0 Å². The third kappa shape index (κ3) is 16.0. The first-order valence-corrected chi connectivity index (χ1v) is 24.8. The summed E-state index contributed by atoms with van der Waals surface area (Å²) in [6.45, 7) is 8.09. The second-order valence-corrected chi connectivity index (χ2v) is 19.5. The maximum Gasteiger partial charge on any atom is 0.326 e. The van der Waals surface area contributed by atoms with Crippen molar-refractivity contribution in [3.05, 3.63) is 98.5 Å². The SMILES string of the molecule is Cc1ncsc1-c1ccc(CNC(=O)C2C[C@@H](O)CN2C(=O)C(NC(=O)COCCOCCOCCNC(=O)CC[C@@H](NC(=O)c2ccc(CCc3c[nH]c4nc(N)[nH]c(=O)c34)cc2)C(=O)O)C(C)(C)C)cc1. The number of aromatic amines is 2. The van der Waals surface area contributed by atoms with Crippen molar-refractivity contribution in [3.63, 3.8) is 0 Å². The summed E-state index contributed by atoms with van der Waals surface area (Å²) >= 11 is 1.55. The Bertz CT molecular complexity index is 2750. The number of hydrogen-bond acceptors (Lipinski definition) is 15. The highest BCUT2D eigenvalue weighted by Gasteiger charge is 2.44. The molecule has 3 aromatic heterocycles. The molecule has 1 saturated heterocycles. The number of aliphatic carboxylic acids is 1. The molecule has 2 unspecified atom stereocenters. The molecule has 6 rings (SSSR count). The van der Waals surface area contributed by atoms with E-state index in [-0.39, 0.29) is 95.6 Å². The van der Waals surface area contributed by atoms with E-state index in [2.05, 4.69) is 41.2 Å². The molecule has 4 heterocycles. The third-order valence-electron chi connectivity index (χ3n) is 12.1. The van der Waals surface area contributed by atoms with Crippen molar-refractivity contribution < 1.29 is 53.2 Å². The van der Waals surface area contributed by atoms with Gasteiger partial charge in [0.25, 0.3) is 11.5 Å². The molecule has 10 N–H and O–H groups in total. The van der Waals surface area contributed by atoms with Gasteiger partial charge in [-0.1, -0.05) is 57.2 Å². The monoisotopic (exact) mass is 1030 g/mol. The smallest absolute Gasteiger partial charge is 0.326 e. The number of H-pyrrole nitrogens is 2. The fourth-order valence-corrected chi connectivity index (χ4v) is 8.94. The van der Waals surface area contributed by atoms with Crippen molar-refractivity contribution in [3.8, 4) is 10.4 Å². The molecule has 5 aromatic rings. The number of nitrogens with one attached hydrogen (secondary N) is 6. The number of anilines is 1. The van der Waals surface area contributed by atoms with Crippen molar-refractivity contribution >= 4 is 63.8 Å². The van der Waals surface area contributed by atoms with Crippen LogP contribution < -0.4 is 32.6 Å². The van der Waals surface area contributed by atoms with Crippen LogP contribution >= 0.6 is 11.3 Å². The second-order valence-electron chi connectivity index (χ2n) is 18.7. The van der Waals surface area contributed by atoms with E-state index < -0.39 is 65.1 Å². The molecule has 0 aliphatic carbocycles. The Labute approximate surface area is 425 Å². The normalized spacial score (nSPS) is 15.4. The number of hydrogen-bond donors (Lipinski definition) is 9. The Morgan fingerprint density at radius 2 is 1.59 bits per heavy atom. The van der Waals surface area contributed by atoms with Crippen molar-refractivity contribution in [2.45, 2.75) is 90.6 Å². The van der Waals surface area contributed by atoms with Gasteiger partial charge >= 0.3 is 5.97 Å². The van der Waals surface area contributed by atoms with Crippen LogP contribution in [0.15, 0.2) is 65.0 Å². The van der Waals surface area contributed by atoms with Gasteiger partial charge in [0.2, 0.25) is 29.6 Å². The minimum atomic E-state index is -1.30. The maximum absolute atomic E-state index is 13.9. The summed E-state index contributed by atoms with van der Waals surface area (Å²) in [5.74, 6) is -3.71. The minimum absolute atomic E-state index is 0.0169. The fraction of sp³-hybridized carbons (Fsp3) is 0.460. The number of nitrogens with zero attached hydrogens (tertiary/aromatic N) is 3. The average molecular weight is 1030 g/mol. The lowest BCUT2D eigenvalue weighted by Gasteiger charge is -2.35. The highest BCUT2D eigenvalue weighted by Crippen LogP contribution is 2.28. The summed E-state index contributed by atoms with van der Waals surface area (Å²) in [5, 5.41) is 31.4. The van der Waals surface area contributed by atoms with E-state index in [9.17, 15) is 43.8 Å². The predicted molar refractivity (Wildman–Crippen MR) is 270 cm³/mol. The molecule has 1 fully saturated rings. The number of carboxylic acid groups (broad SMARTS) is 1. The Balaban J connectivity index is 0.806. The molecule has 5 amide bonds. The molecular formula is C50H64N10O12S. The van der Waals surface area contributed by atoms with Crippen molar-refractivity contribution in [1.82, 2.24) is 46.1 Å². The van der Waals surface area contributed by atoms with E-state index >= 15 is 0 Å². The van der Waals surface area contributed by atoms with Gasteiger partial charge in [-0.3, -0.25) is 33.8 Å². The second kappa shape index (κ2) is 26.1. The molecule has 392 valence electrons. The average Bonchev–Trinajstić information content (AvgIpc) is 4.09. The molecule has 0 bridgehead atoms. The standard InChI is InChI=1S/C50H64N10O12S/c1-29-41(73-28-55-29)32-10-8-31(9-11-32)24-54-45(65)37-23-35(61)26-60(37)47(67)42(50(2,3)4)57-39(63)27-72-22-21-71-20-19-70-18-17-52-38(62)16-15-36(48(68)69)56-44(64)33-12-5-30(6-13-33)7-14-34-25-53-43-40(34)46(66)59-49(51)58-43/h5-6,8-13,25,28,35-37,42,61H,7,14-24,26-27H2,1-4H3,(H,52,62)(H,54,65)(H,56,64)(H,57,63)(H,68,69)(H4,51,53,58,59,66)/t35-,36-,37?,42?/m1/s1. The lowest BCUT2D eigenvalue weighted by Crippen LogP contribution is -2.58. The van der Waals surface area contributed by atoms with Crippen LogP contribution in [0.25, 0.3) is 21.5 Å². The van der Waals surface area contributed by atoms with Crippen LogP contribution in [-0.4, -0.2) is 148 Å². The number of aryl methyl sites for hydroxylation is 3. The number of fused-ring (bicyclic) bond motifs is 1. The number of thiazole rings is 1. The van der Waals surface area contributed by atoms with Gasteiger partial charge in [0.15, 0.2) is 0 Å². The number of aliphatic hydroxyl groups is 1. The Hall–Kier alpha value is -7.05. The molecular weight excluding hydrogens is 965 g/mol. The van der Waals surface area contributed by atoms with Gasteiger partial charge in [-0.25, -0.2) is 9.78 Å². The molecule has 2 aromatic carbocycles. The number of carbonyl (C=O) groups is 6. The number of likely N-dealkylation sites (tertiary alicyclic amines) is 1. The number of carbonyl (C=O) groups excluding carboxylic acids is 5. The summed E-state index contributed by atoms with van der Waals surface area (Å²) in [7, 11) is 0. The Morgan fingerprint density at radius 3 is 2.26 bits per heavy atom. The van der Waals surface area contributed by atoms with E-state index in [4.69, 9.17) is 19.9 Å². The first kappa shape index (κ1) is 55.3. The van der Waals surface area contributed by atoms with Gasteiger partial charge < -0.3 is 61.3 Å². The van der Waals surface area contributed by atoms with Crippen LogP contribution in [0.1, 0.15) is 72.8 Å². The molecule has 0 spiro atoms. The first-order valence-electron chi connectivity index (χ1n) is 23.9. The summed E-state index contributed by atoms with van der Waals surface area (Å²) in [5.41, 5.74) is 11.5. The summed E-state index contributed by atoms with van der Waals surface area (Å²) in [6.07, 6.45) is 1.65. The van der Waals surface area contributed by atoms with Gasteiger partial charge in [0.1, 0.15) is 30.4 Å². The molecule has 4 atom stereocenters. The molecule has 73 heavy (non-hydrogen) atoms.